The van der Waals surface area contributed by atoms with Gasteiger partial charge in [0, 0.05) is 16.7 Å². The zero-order valence-electron chi connectivity index (χ0n) is 9.59. The number of hydrogen-bond donors (Lipinski definition) is 0. The van der Waals surface area contributed by atoms with E-state index in [1.165, 1.54) is 0 Å². The third-order valence-corrected chi connectivity index (χ3v) is 2.40. The summed E-state index contributed by atoms with van der Waals surface area (Å²) in [6, 6.07) is 15.7. The number of carbonyl (C=O) groups is 2. The minimum Gasteiger partial charge on any atom is -0.298 e. The average molecular weight is 234 g/mol. The van der Waals surface area contributed by atoms with E-state index in [4.69, 9.17) is 0 Å². The second-order valence-electron chi connectivity index (χ2n) is 3.69. The van der Waals surface area contributed by atoms with Gasteiger partial charge >= 0.3 is 0 Å². The number of carbonyl (C=O) groups excluding carboxylic acids is 2. The van der Waals surface area contributed by atoms with Crippen LogP contribution in [0.5, 0.6) is 0 Å². The molecule has 0 aliphatic carbocycles. The Balaban J connectivity index is 2.16. The van der Waals surface area contributed by atoms with Crippen LogP contribution in [0, 0.1) is 11.8 Å². The van der Waals surface area contributed by atoms with Gasteiger partial charge in [0.05, 0.1) is 0 Å². The largest absolute Gasteiger partial charge is 0.298 e. The highest BCUT2D eigenvalue weighted by molar-refractivity contribution is 6.09. The Labute approximate surface area is 105 Å². The topological polar surface area (TPSA) is 34.1 Å². The first-order valence-electron chi connectivity index (χ1n) is 5.46. The first kappa shape index (κ1) is 11.8. The summed E-state index contributed by atoms with van der Waals surface area (Å²) in [5.74, 6) is 5.14. The van der Waals surface area contributed by atoms with Crippen molar-refractivity contribution >= 4 is 12.1 Å². The lowest BCUT2D eigenvalue weighted by molar-refractivity contribution is 0.105. The molecule has 2 heteroatoms. The fourth-order valence-corrected chi connectivity index (χ4v) is 1.44. The van der Waals surface area contributed by atoms with Gasteiger partial charge in [-0.3, -0.25) is 9.59 Å². The van der Waals surface area contributed by atoms with Gasteiger partial charge in [0.25, 0.3) is 0 Å². The van der Waals surface area contributed by atoms with E-state index in [2.05, 4.69) is 11.8 Å². The van der Waals surface area contributed by atoms with E-state index in [1.54, 1.807) is 48.5 Å². The van der Waals surface area contributed by atoms with E-state index in [-0.39, 0.29) is 5.78 Å². The lowest BCUT2D eigenvalue weighted by Gasteiger charge is -1.92. The lowest BCUT2D eigenvalue weighted by Crippen LogP contribution is -1.93. The van der Waals surface area contributed by atoms with E-state index in [1.807, 2.05) is 6.07 Å². The normalized spacial score (nSPS) is 9.11. The number of Topliss-reactive ketones (excluding diaryl/α,β-unsaturated/α-hetero) is 1. The Bertz CT molecular complexity index is 614. The molecular formula is C16H10O2. The van der Waals surface area contributed by atoms with E-state index >= 15 is 0 Å². The van der Waals surface area contributed by atoms with E-state index in [9.17, 15) is 9.59 Å². The first-order valence-corrected chi connectivity index (χ1v) is 5.46. The highest BCUT2D eigenvalue weighted by Crippen LogP contribution is 2.02. The summed E-state index contributed by atoms with van der Waals surface area (Å²) >= 11 is 0. The molecule has 2 nitrogen and oxygen atoms in total. The maximum Gasteiger partial charge on any atom is 0.236 e. The van der Waals surface area contributed by atoms with Gasteiger partial charge in [-0.05, 0) is 18.1 Å². The van der Waals surface area contributed by atoms with Crippen molar-refractivity contribution in [1.82, 2.24) is 0 Å². The molecule has 2 aromatic rings. The quantitative estimate of drug-likeness (QED) is 0.455. The monoisotopic (exact) mass is 234 g/mol. The van der Waals surface area contributed by atoms with Crippen LogP contribution in [0.2, 0.25) is 0 Å². The Morgan fingerprint density at radius 2 is 1.61 bits per heavy atom. The molecule has 0 aliphatic heterocycles. The second kappa shape index (κ2) is 5.60. The molecule has 0 bridgehead atoms. The summed E-state index contributed by atoms with van der Waals surface area (Å²) in [6.45, 7) is 0. The van der Waals surface area contributed by atoms with Crippen molar-refractivity contribution in [3.05, 3.63) is 71.3 Å². The molecule has 0 saturated heterocycles. The highest BCUT2D eigenvalue weighted by atomic mass is 16.1. The summed E-state index contributed by atoms with van der Waals surface area (Å²) in [5.41, 5.74) is 1.88. The predicted molar refractivity (Wildman–Crippen MR) is 69.5 cm³/mol. The molecule has 0 saturated carbocycles. The third kappa shape index (κ3) is 2.93. The van der Waals surface area contributed by atoms with Crippen molar-refractivity contribution in [3.8, 4) is 11.8 Å². The van der Waals surface area contributed by atoms with Gasteiger partial charge in [0.15, 0.2) is 0 Å². The minimum absolute atomic E-state index is 0.213. The lowest BCUT2D eigenvalue weighted by atomic mass is 10.1. The van der Waals surface area contributed by atoms with Crippen LogP contribution in [0.15, 0.2) is 54.6 Å². The third-order valence-electron chi connectivity index (χ3n) is 2.40. The van der Waals surface area contributed by atoms with E-state index in [0.717, 1.165) is 6.29 Å². The molecule has 0 spiro atoms. The van der Waals surface area contributed by atoms with Crippen LogP contribution >= 0.6 is 0 Å². The van der Waals surface area contributed by atoms with Crippen molar-refractivity contribution in [2.75, 3.05) is 0 Å². The summed E-state index contributed by atoms with van der Waals surface area (Å²) in [7, 11) is 0. The average Bonchev–Trinajstić information content (AvgIpc) is 2.46. The molecule has 0 unspecified atom stereocenters. The van der Waals surface area contributed by atoms with Crippen molar-refractivity contribution in [3.63, 3.8) is 0 Å². The molecule has 0 radical (unpaired) electrons. The Morgan fingerprint density at radius 1 is 0.944 bits per heavy atom. The second-order valence-corrected chi connectivity index (χ2v) is 3.69. The number of benzene rings is 2. The van der Waals surface area contributed by atoms with Crippen LogP contribution in [-0.4, -0.2) is 12.1 Å². The number of hydrogen-bond acceptors (Lipinski definition) is 2. The molecule has 0 heterocycles. The summed E-state index contributed by atoms with van der Waals surface area (Å²) < 4.78 is 0. The number of aldehydes is 1. The molecular weight excluding hydrogens is 224 g/mol. The smallest absolute Gasteiger partial charge is 0.236 e. The van der Waals surface area contributed by atoms with Gasteiger partial charge in [-0.2, -0.15) is 0 Å². The van der Waals surface area contributed by atoms with Crippen molar-refractivity contribution in [2.45, 2.75) is 0 Å². The molecule has 0 fully saturated rings. The standard InChI is InChI=1S/C16H10O2/c17-12-14-8-6-13(7-9-14)10-11-16(18)15-4-2-1-3-5-15/h1-9,12H. The van der Waals surface area contributed by atoms with Crippen LogP contribution in [0.25, 0.3) is 0 Å². The zero-order valence-corrected chi connectivity index (χ0v) is 9.59. The van der Waals surface area contributed by atoms with Gasteiger partial charge in [-0.15, -0.1) is 0 Å². The Morgan fingerprint density at radius 3 is 2.22 bits per heavy atom. The number of ketones is 1. The van der Waals surface area contributed by atoms with Gasteiger partial charge in [-0.1, -0.05) is 48.4 Å². The maximum atomic E-state index is 11.7. The van der Waals surface area contributed by atoms with Crippen LogP contribution in [0.4, 0.5) is 0 Å². The SMILES string of the molecule is O=Cc1ccc(C#CC(=O)c2ccccc2)cc1. The Kier molecular flexibility index (Phi) is 3.68. The molecule has 18 heavy (non-hydrogen) atoms. The van der Waals surface area contributed by atoms with E-state index in [0.29, 0.717) is 16.7 Å². The van der Waals surface area contributed by atoms with Crippen LogP contribution in [-0.2, 0) is 0 Å². The van der Waals surface area contributed by atoms with E-state index < -0.39 is 0 Å². The summed E-state index contributed by atoms with van der Waals surface area (Å²) in [6.07, 6.45) is 0.770. The predicted octanol–water partition coefficient (Wildman–Crippen LogP) is 2.73. The highest BCUT2D eigenvalue weighted by Gasteiger charge is 1.99. The first-order chi connectivity index (χ1) is 8.79. The molecule has 0 amide bonds. The molecule has 0 atom stereocenters. The number of rotatable bonds is 2. The van der Waals surface area contributed by atoms with Gasteiger partial charge in [-0.25, -0.2) is 0 Å². The van der Waals surface area contributed by atoms with Crippen LogP contribution < -0.4 is 0 Å². The van der Waals surface area contributed by atoms with Gasteiger partial charge in [0.1, 0.15) is 6.29 Å². The molecule has 2 rings (SSSR count). The van der Waals surface area contributed by atoms with Crippen molar-refractivity contribution < 1.29 is 9.59 Å². The van der Waals surface area contributed by atoms with Gasteiger partial charge < -0.3 is 0 Å². The molecule has 0 aromatic heterocycles. The van der Waals surface area contributed by atoms with Crippen LogP contribution in [0.1, 0.15) is 26.3 Å². The Hall–Kier alpha value is -2.66. The molecule has 86 valence electrons. The van der Waals surface area contributed by atoms with Crippen molar-refractivity contribution in [2.24, 2.45) is 0 Å². The molecule has 0 aliphatic rings. The molecule has 2 aromatic carbocycles. The summed E-state index contributed by atoms with van der Waals surface area (Å²) in [4.78, 5) is 22.2. The fraction of sp³-hybridized carbons (Fsp3) is 0. The zero-order chi connectivity index (χ0) is 12.8. The molecule has 0 N–H and O–H groups in total. The minimum atomic E-state index is -0.213. The maximum absolute atomic E-state index is 11.7. The van der Waals surface area contributed by atoms with Crippen molar-refractivity contribution in [1.29, 1.82) is 0 Å². The van der Waals surface area contributed by atoms with Gasteiger partial charge in [0.2, 0.25) is 5.78 Å². The fourth-order valence-electron chi connectivity index (χ4n) is 1.44. The van der Waals surface area contributed by atoms with Crippen LogP contribution in [0.3, 0.4) is 0 Å². The summed E-state index contributed by atoms with van der Waals surface area (Å²) in [5, 5.41) is 0.